The zero-order valence-electron chi connectivity index (χ0n) is 10.3. The highest BCUT2D eigenvalue weighted by atomic mass is 35.5. The molecule has 0 aliphatic heterocycles. The molecule has 1 aromatic rings. The summed E-state index contributed by atoms with van der Waals surface area (Å²) in [6, 6.07) is 7.90. The van der Waals surface area contributed by atoms with Crippen molar-refractivity contribution in [2.24, 2.45) is 0 Å². The molecule has 0 fully saturated rings. The van der Waals surface area contributed by atoms with E-state index in [0.29, 0.717) is 12.3 Å². The summed E-state index contributed by atoms with van der Waals surface area (Å²) in [7, 11) is 0. The van der Waals surface area contributed by atoms with Crippen LogP contribution in [0, 0.1) is 11.8 Å². The second-order valence-corrected chi connectivity index (χ2v) is 4.17. The minimum Gasteiger partial charge on any atom is -0.492 e. The van der Waals surface area contributed by atoms with Gasteiger partial charge in [-0.3, -0.25) is 0 Å². The average Bonchev–Trinajstić information content (AvgIpc) is 2.36. The summed E-state index contributed by atoms with van der Waals surface area (Å²) >= 11 is 5.59. The van der Waals surface area contributed by atoms with E-state index < -0.39 is 0 Å². The summed E-state index contributed by atoms with van der Waals surface area (Å²) in [5.74, 6) is 7.58. The lowest BCUT2D eigenvalue weighted by atomic mass is 10.2. The van der Waals surface area contributed by atoms with Crippen LogP contribution in [0.3, 0.4) is 0 Å². The van der Waals surface area contributed by atoms with Crippen LogP contribution in [0.15, 0.2) is 24.3 Å². The molecular weight excluding hydrogens is 232 g/mol. The molecule has 0 unspecified atom stereocenters. The molecule has 0 amide bonds. The van der Waals surface area contributed by atoms with Crippen molar-refractivity contribution in [3.05, 3.63) is 29.8 Å². The van der Waals surface area contributed by atoms with E-state index in [0.717, 1.165) is 24.3 Å². The molecule has 1 nitrogen and oxygen atoms in total. The summed E-state index contributed by atoms with van der Waals surface area (Å²) in [6.45, 7) is 2.95. The number of benzene rings is 1. The Kier molecular flexibility index (Phi) is 7.34. The lowest BCUT2D eigenvalue weighted by Gasteiger charge is -2.07. The van der Waals surface area contributed by atoms with Crippen LogP contribution < -0.4 is 4.74 Å². The minimum atomic E-state index is 0.576. The van der Waals surface area contributed by atoms with Gasteiger partial charge in [0, 0.05) is 12.3 Å². The van der Waals surface area contributed by atoms with Crippen molar-refractivity contribution in [1.82, 2.24) is 0 Å². The second kappa shape index (κ2) is 8.96. The first-order valence-electron chi connectivity index (χ1n) is 6.15. The molecular formula is C15H19ClO. The molecule has 0 aliphatic carbocycles. The van der Waals surface area contributed by atoms with E-state index in [9.17, 15) is 0 Å². The Labute approximate surface area is 109 Å². The molecule has 2 heteroatoms. The molecule has 0 aromatic heterocycles. The van der Waals surface area contributed by atoms with Gasteiger partial charge in [-0.1, -0.05) is 43.7 Å². The summed E-state index contributed by atoms with van der Waals surface area (Å²) in [6.07, 6.45) is 4.23. The van der Waals surface area contributed by atoms with Gasteiger partial charge in [-0.2, -0.15) is 0 Å². The zero-order valence-corrected chi connectivity index (χ0v) is 11.1. The summed E-state index contributed by atoms with van der Waals surface area (Å²) in [5, 5.41) is 0. The number of para-hydroxylation sites is 1. The largest absolute Gasteiger partial charge is 0.492 e. The lowest BCUT2D eigenvalue weighted by molar-refractivity contribution is 0.305. The van der Waals surface area contributed by atoms with Gasteiger partial charge in [0.1, 0.15) is 5.75 Å². The van der Waals surface area contributed by atoms with Crippen LogP contribution in [0.25, 0.3) is 0 Å². The third kappa shape index (κ3) is 5.65. The minimum absolute atomic E-state index is 0.576. The first-order chi connectivity index (χ1) is 8.38. The fourth-order valence-electron chi connectivity index (χ4n) is 1.43. The number of hydrogen-bond acceptors (Lipinski definition) is 1. The monoisotopic (exact) mass is 250 g/mol. The maximum Gasteiger partial charge on any atom is 0.134 e. The highest BCUT2D eigenvalue weighted by Crippen LogP contribution is 2.17. The van der Waals surface area contributed by atoms with Crippen molar-refractivity contribution >= 4 is 11.6 Å². The number of ether oxygens (including phenoxy) is 1. The standard InChI is InChI=1S/C15H19ClO/c1-2-3-8-13-17-15-11-5-4-9-14(15)10-6-7-12-16/h4-5,9,11H,2-3,7-8,12-13H2,1H3. The Morgan fingerprint density at radius 2 is 2.06 bits per heavy atom. The smallest absolute Gasteiger partial charge is 0.134 e. The fourth-order valence-corrected chi connectivity index (χ4v) is 1.53. The van der Waals surface area contributed by atoms with Gasteiger partial charge in [-0.05, 0) is 18.6 Å². The van der Waals surface area contributed by atoms with Crippen LogP contribution in [0.2, 0.25) is 0 Å². The number of unbranched alkanes of at least 4 members (excludes halogenated alkanes) is 2. The molecule has 92 valence electrons. The Bertz CT molecular complexity index is 376. The van der Waals surface area contributed by atoms with Crippen LogP contribution in [-0.2, 0) is 0 Å². The molecule has 17 heavy (non-hydrogen) atoms. The van der Waals surface area contributed by atoms with Crippen molar-refractivity contribution < 1.29 is 4.74 Å². The van der Waals surface area contributed by atoms with Crippen LogP contribution >= 0.6 is 11.6 Å². The van der Waals surface area contributed by atoms with E-state index in [-0.39, 0.29) is 0 Å². The normalized spacial score (nSPS) is 9.53. The van der Waals surface area contributed by atoms with Gasteiger partial charge >= 0.3 is 0 Å². The summed E-state index contributed by atoms with van der Waals surface area (Å²) < 4.78 is 5.73. The highest BCUT2D eigenvalue weighted by Gasteiger charge is 1.99. The Morgan fingerprint density at radius 1 is 1.24 bits per heavy atom. The topological polar surface area (TPSA) is 9.23 Å². The molecule has 0 saturated carbocycles. The van der Waals surface area contributed by atoms with Crippen molar-refractivity contribution in [2.45, 2.75) is 32.6 Å². The average molecular weight is 251 g/mol. The highest BCUT2D eigenvalue weighted by molar-refractivity contribution is 6.18. The third-order valence-electron chi connectivity index (χ3n) is 2.34. The molecule has 0 bridgehead atoms. The lowest BCUT2D eigenvalue weighted by Crippen LogP contribution is -1.98. The zero-order chi connectivity index (χ0) is 12.3. The Hall–Kier alpha value is -1.13. The van der Waals surface area contributed by atoms with Crippen molar-refractivity contribution in [1.29, 1.82) is 0 Å². The third-order valence-corrected chi connectivity index (χ3v) is 2.52. The second-order valence-electron chi connectivity index (χ2n) is 3.79. The first kappa shape index (κ1) is 13.9. The molecule has 1 aromatic carbocycles. The van der Waals surface area contributed by atoms with Crippen molar-refractivity contribution in [3.63, 3.8) is 0 Å². The predicted molar refractivity (Wildman–Crippen MR) is 73.7 cm³/mol. The molecule has 0 aliphatic rings. The molecule has 0 N–H and O–H groups in total. The maximum absolute atomic E-state index is 5.73. The quantitative estimate of drug-likeness (QED) is 0.417. The number of alkyl halides is 1. The molecule has 0 heterocycles. The van der Waals surface area contributed by atoms with Gasteiger partial charge in [-0.25, -0.2) is 0 Å². The molecule has 1 rings (SSSR count). The Balaban J connectivity index is 2.56. The Morgan fingerprint density at radius 3 is 2.82 bits per heavy atom. The number of rotatable bonds is 6. The molecule has 0 saturated heterocycles. The SMILES string of the molecule is CCCCCOc1ccccc1C#CCCCl. The van der Waals surface area contributed by atoms with E-state index in [2.05, 4.69) is 18.8 Å². The van der Waals surface area contributed by atoms with E-state index in [4.69, 9.17) is 16.3 Å². The van der Waals surface area contributed by atoms with Crippen LogP contribution in [0.5, 0.6) is 5.75 Å². The molecule has 0 atom stereocenters. The van der Waals surface area contributed by atoms with Gasteiger partial charge in [0.25, 0.3) is 0 Å². The van der Waals surface area contributed by atoms with Crippen molar-refractivity contribution in [3.8, 4) is 17.6 Å². The van der Waals surface area contributed by atoms with Gasteiger partial charge < -0.3 is 4.74 Å². The van der Waals surface area contributed by atoms with E-state index in [1.165, 1.54) is 12.8 Å². The van der Waals surface area contributed by atoms with Gasteiger partial charge in [0.05, 0.1) is 12.2 Å². The number of hydrogen-bond donors (Lipinski definition) is 0. The van der Waals surface area contributed by atoms with E-state index in [1.807, 2.05) is 24.3 Å². The van der Waals surface area contributed by atoms with E-state index >= 15 is 0 Å². The van der Waals surface area contributed by atoms with Crippen LogP contribution in [0.4, 0.5) is 0 Å². The van der Waals surface area contributed by atoms with Crippen molar-refractivity contribution in [2.75, 3.05) is 12.5 Å². The predicted octanol–water partition coefficient (Wildman–Crippen LogP) is 4.24. The fraction of sp³-hybridized carbons (Fsp3) is 0.467. The summed E-state index contributed by atoms with van der Waals surface area (Å²) in [4.78, 5) is 0. The maximum atomic E-state index is 5.73. The van der Waals surface area contributed by atoms with Gasteiger partial charge in [0.2, 0.25) is 0 Å². The number of halogens is 1. The summed E-state index contributed by atoms with van der Waals surface area (Å²) in [5.41, 5.74) is 0.953. The van der Waals surface area contributed by atoms with Gasteiger partial charge in [0.15, 0.2) is 0 Å². The first-order valence-corrected chi connectivity index (χ1v) is 6.68. The van der Waals surface area contributed by atoms with Gasteiger partial charge in [-0.15, -0.1) is 11.6 Å². The van der Waals surface area contributed by atoms with E-state index in [1.54, 1.807) is 0 Å². The molecule has 0 radical (unpaired) electrons. The van der Waals surface area contributed by atoms with Crippen LogP contribution in [0.1, 0.15) is 38.2 Å². The molecule has 0 spiro atoms. The van der Waals surface area contributed by atoms with Crippen LogP contribution in [-0.4, -0.2) is 12.5 Å².